The van der Waals surface area contributed by atoms with Gasteiger partial charge in [-0.05, 0) is 18.7 Å². The molecule has 1 saturated heterocycles. The molecule has 0 saturated carbocycles. The molecule has 0 spiro atoms. The first-order valence-electron chi connectivity index (χ1n) is 5.97. The van der Waals surface area contributed by atoms with Crippen molar-refractivity contribution in [3.8, 4) is 11.5 Å². The van der Waals surface area contributed by atoms with Crippen LogP contribution < -0.4 is 14.8 Å². The third-order valence-electron chi connectivity index (χ3n) is 3.37. The second-order valence-electron chi connectivity index (χ2n) is 4.50. The first-order chi connectivity index (χ1) is 8.67. The van der Waals surface area contributed by atoms with Crippen molar-refractivity contribution in [1.29, 1.82) is 0 Å². The molecule has 0 atom stereocenters. The normalized spacial score (nSPS) is 14.8. The minimum absolute atomic E-state index is 0. The smallest absolute Gasteiger partial charge is 0.179 e. The van der Waals surface area contributed by atoms with Crippen LogP contribution in [0.3, 0.4) is 0 Å². The molecular weight excluding hydrogens is 287 g/mol. The maximum Gasteiger partial charge on any atom is 0.179 e. The van der Waals surface area contributed by atoms with Gasteiger partial charge >= 0.3 is 0 Å². The summed E-state index contributed by atoms with van der Waals surface area (Å²) >= 11 is 6.36. The van der Waals surface area contributed by atoms with E-state index in [0.29, 0.717) is 22.6 Å². The number of hydrogen-bond acceptors (Lipinski definition) is 4. The topological polar surface area (TPSA) is 33.7 Å². The Labute approximate surface area is 125 Å². The molecular formula is C13H20Cl2N2O2. The number of benzene rings is 1. The average molecular weight is 307 g/mol. The Morgan fingerprint density at radius 3 is 2.47 bits per heavy atom. The SMILES string of the molecule is COc1ccc(CN(C)C2CNC2)c(Cl)c1OC.Cl. The lowest BCUT2D eigenvalue weighted by atomic mass is 10.1. The zero-order valence-corrected chi connectivity index (χ0v) is 13.0. The van der Waals surface area contributed by atoms with Crippen molar-refractivity contribution in [1.82, 2.24) is 10.2 Å². The summed E-state index contributed by atoms with van der Waals surface area (Å²) < 4.78 is 10.5. The Balaban J connectivity index is 0.00000180. The van der Waals surface area contributed by atoms with Gasteiger partial charge in [0.25, 0.3) is 0 Å². The van der Waals surface area contributed by atoms with Gasteiger partial charge in [-0.3, -0.25) is 4.90 Å². The maximum absolute atomic E-state index is 6.36. The molecule has 4 nitrogen and oxygen atoms in total. The molecule has 6 heteroatoms. The number of halogens is 2. The predicted octanol–water partition coefficient (Wildman–Crippen LogP) is 2.18. The number of nitrogens with one attached hydrogen (secondary N) is 1. The van der Waals surface area contributed by atoms with Gasteiger partial charge in [-0.15, -0.1) is 12.4 Å². The lowest BCUT2D eigenvalue weighted by Crippen LogP contribution is -2.55. The van der Waals surface area contributed by atoms with Crippen molar-refractivity contribution < 1.29 is 9.47 Å². The van der Waals surface area contributed by atoms with Crippen LogP contribution in [0.2, 0.25) is 5.02 Å². The van der Waals surface area contributed by atoms with Gasteiger partial charge in [0, 0.05) is 25.7 Å². The van der Waals surface area contributed by atoms with E-state index in [9.17, 15) is 0 Å². The van der Waals surface area contributed by atoms with Gasteiger partial charge in [-0.2, -0.15) is 0 Å². The molecule has 0 aliphatic carbocycles. The molecule has 19 heavy (non-hydrogen) atoms. The second kappa shape index (κ2) is 7.20. The van der Waals surface area contributed by atoms with Gasteiger partial charge in [-0.1, -0.05) is 17.7 Å². The Morgan fingerprint density at radius 2 is 2.00 bits per heavy atom. The Bertz CT molecular complexity index is 425. The molecule has 0 amide bonds. The van der Waals surface area contributed by atoms with E-state index in [-0.39, 0.29) is 12.4 Å². The summed E-state index contributed by atoms with van der Waals surface area (Å²) in [5, 5.41) is 3.90. The fraction of sp³-hybridized carbons (Fsp3) is 0.538. The van der Waals surface area contributed by atoms with Crippen LogP contribution >= 0.6 is 24.0 Å². The molecule has 0 unspecified atom stereocenters. The second-order valence-corrected chi connectivity index (χ2v) is 4.88. The summed E-state index contributed by atoms with van der Waals surface area (Å²) in [7, 11) is 5.33. The van der Waals surface area contributed by atoms with Crippen molar-refractivity contribution >= 4 is 24.0 Å². The largest absolute Gasteiger partial charge is 0.493 e. The molecule has 0 aromatic heterocycles. The van der Waals surface area contributed by atoms with Crippen LogP contribution in [-0.4, -0.2) is 45.3 Å². The fourth-order valence-corrected chi connectivity index (χ4v) is 2.33. The van der Waals surface area contributed by atoms with E-state index < -0.39 is 0 Å². The Hall–Kier alpha value is -0.680. The van der Waals surface area contributed by atoms with Crippen molar-refractivity contribution in [2.45, 2.75) is 12.6 Å². The fourth-order valence-electron chi connectivity index (χ4n) is 2.04. The lowest BCUT2D eigenvalue weighted by molar-refractivity contribution is 0.173. The summed E-state index contributed by atoms with van der Waals surface area (Å²) in [5.74, 6) is 1.27. The zero-order valence-electron chi connectivity index (χ0n) is 11.4. The van der Waals surface area contributed by atoms with Crippen molar-refractivity contribution in [3.05, 3.63) is 22.7 Å². The Kier molecular flexibility index (Phi) is 6.20. The summed E-state index contributed by atoms with van der Waals surface area (Å²) in [6.07, 6.45) is 0. The zero-order chi connectivity index (χ0) is 13.1. The van der Waals surface area contributed by atoms with Gasteiger partial charge in [0.05, 0.1) is 19.2 Å². The average Bonchev–Trinajstić information content (AvgIpc) is 2.29. The summed E-state index contributed by atoms with van der Waals surface area (Å²) in [4.78, 5) is 2.30. The number of nitrogens with zero attached hydrogens (tertiary/aromatic N) is 1. The van der Waals surface area contributed by atoms with Crippen molar-refractivity contribution in [3.63, 3.8) is 0 Å². The third-order valence-corrected chi connectivity index (χ3v) is 3.78. The summed E-state index contributed by atoms with van der Waals surface area (Å²) in [6, 6.07) is 4.48. The van der Waals surface area contributed by atoms with Gasteiger partial charge in [0.1, 0.15) is 0 Å². The highest BCUT2D eigenvalue weighted by Gasteiger charge is 2.23. The molecule has 1 heterocycles. The van der Waals surface area contributed by atoms with Gasteiger partial charge in [-0.25, -0.2) is 0 Å². The van der Waals surface area contributed by atoms with Gasteiger partial charge in [0.2, 0.25) is 0 Å². The van der Waals surface area contributed by atoms with Gasteiger partial charge < -0.3 is 14.8 Å². The van der Waals surface area contributed by atoms with Crippen LogP contribution in [-0.2, 0) is 6.54 Å². The van der Waals surface area contributed by atoms with Crippen LogP contribution in [0.4, 0.5) is 0 Å². The number of hydrogen-bond donors (Lipinski definition) is 1. The first kappa shape index (κ1) is 16.4. The predicted molar refractivity (Wildman–Crippen MR) is 79.9 cm³/mol. The number of methoxy groups -OCH3 is 2. The van der Waals surface area contributed by atoms with Crippen LogP contribution in [0.1, 0.15) is 5.56 Å². The Morgan fingerprint density at radius 1 is 1.32 bits per heavy atom. The minimum atomic E-state index is 0. The van der Waals surface area contributed by atoms with E-state index in [4.69, 9.17) is 21.1 Å². The number of likely N-dealkylation sites (N-methyl/N-ethyl adjacent to an activating group) is 1. The van der Waals surface area contributed by atoms with Crippen LogP contribution in [0.5, 0.6) is 11.5 Å². The maximum atomic E-state index is 6.36. The molecule has 1 aromatic rings. The van der Waals surface area contributed by atoms with Gasteiger partial charge in [0.15, 0.2) is 11.5 Å². The summed E-state index contributed by atoms with van der Waals surface area (Å²) in [5.41, 5.74) is 1.06. The molecule has 1 aliphatic rings. The molecule has 1 N–H and O–H groups in total. The van der Waals surface area contributed by atoms with E-state index in [0.717, 1.165) is 25.2 Å². The van der Waals surface area contributed by atoms with E-state index >= 15 is 0 Å². The lowest BCUT2D eigenvalue weighted by Gasteiger charge is -2.35. The first-order valence-corrected chi connectivity index (χ1v) is 6.35. The van der Waals surface area contributed by atoms with Crippen molar-refractivity contribution in [2.75, 3.05) is 34.4 Å². The van der Waals surface area contributed by atoms with E-state index in [1.54, 1.807) is 14.2 Å². The van der Waals surface area contributed by atoms with Crippen LogP contribution in [0, 0.1) is 0 Å². The highest BCUT2D eigenvalue weighted by atomic mass is 35.5. The molecule has 1 aliphatic heterocycles. The standard InChI is InChI=1S/C13H19ClN2O2.ClH/c1-16(10-6-15-7-10)8-9-4-5-11(17-2)13(18-3)12(9)14;/h4-5,10,15H,6-8H2,1-3H3;1H. The van der Waals surface area contributed by atoms with Crippen molar-refractivity contribution in [2.24, 2.45) is 0 Å². The highest BCUT2D eigenvalue weighted by Crippen LogP contribution is 2.37. The monoisotopic (exact) mass is 306 g/mol. The van der Waals surface area contributed by atoms with Crippen LogP contribution in [0.15, 0.2) is 12.1 Å². The molecule has 1 aromatic carbocycles. The van der Waals surface area contributed by atoms with Crippen LogP contribution in [0.25, 0.3) is 0 Å². The molecule has 1 fully saturated rings. The quantitative estimate of drug-likeness (QED) is 0.904. The van der Waals surface area contributed by atoms with E-state index in [1.165, 1.54) is 0 Å². The van der Waals surface area contributed by atoms with E-state index in [1.807, 2.05) is 12.1 Å². The molecule has 2 rings (SSSR count). The van der Waals surface area contributed by atoms with E-state index in [2.05, 4.69) is 17.3 Å². The number of ether oxygens (including phenoxy) is 2. The molecule has 0 bridgehead atoms. The molecule has 108 valence electrons. The number of rotatable bonds is 5. The third kappa shape index (κ3) is 3.45. The summed E-state index contributed by atoms with van der Waals surface area (Å²) in [6.45, 7) is 2.90. The molecule has 0 radical (unpaired) electrons. The minimum Gasteiger partial charge on any atom is -0.493 e. The highest BCUT2D eigenvalue weighted by molar-refractivity contribution is 6.33.